The maximum Gasteiger partial charge on any atom is 0.248 e. The lowest BCUT2D eigenvalue weighted by molar-refractivity contribution is 0.100. The summed E-state index contributed by atoms with van der Waals surface area (Å²) in [5.74, 6) is 0.676. The Hall–Kier alpha value is -2.49. The summed E-state index contributed by atoms with van der Waals surface area (Å²) in [5.41, 5.74) is 11.7. The molecule has 0 radical (unpaired) electrons. The van der Waals surface area contributed by atoms with E-state index in [1.54, 1.807) is 12.1 Å². The number of ether oxygens (including phenoxy) is 1. The van der Waals surface area contributed by atoms with Gasteiger partial charge in [-0.05, 0) is 30.3 Å². The summed E-state index contributed by atoms with van der Waals surface area (Å²) in [6, 6.07) is 14.0. The third kappa shape index (κ3) is 2.55. The third-order valence-corrected chi connectivity index (χ3v) is 2.27. The van der Waals surface area contributed by atoms with E-state index in [0.717, 1.165) is 0 Å². The van der Waals surface area contributed by atoms with Crippen LogP contribution in [0, 0.1) is 0 Å². The molecule has 4 N–H and O–H groups in total. The normalized spacial score (nSPS) is 9.88. The van der Waals surface area contributed by atoms with Gasteiger partial charge >= 0.3 is 0 Å². The quantitative estimate of drug-likeness (QED) is 0.790. The van der Waals surface area contributed by atoms with Crippen LogP contribution in [0.15, 0.2) is 48.5 Å². The fourth-order valence-corrected chi connectivity index (χ4v) is 1.41. The van der Waals surface area contributed by atoms with Gasteiger partial charge in [-0.1, -0.05) is 18.2 Å². The highest BCUT2D eigenvalue weighted by Gasteiger charge is 2.06. The van der Waals surface area contributed by atoms with E-state index in [1.165, 1.54) is 6.07 Å². The van der Waals surface area contributed by atoms with Crippen molar-refractivity contribution >= 4 is 11.6 Å². The lowest BCUT2D eigenvalue weighted by Gasteiger charge is -2.08. The van der Waals surface area contributed by atoms with E-state index < -0.39 is 5.91 Å². The van der Waals surface area contributed by atoms with Crippen molar-refractivity contribution in [1.82, 2.24) is 0 Å². The zero-order chi connectivity index (χ0) is 12.3. The number of primary amides is 1. The van der Waals surface area contributed by atoms with Crippen molar-refractivity contribution in [1.29, 1.82) is 0 Å². The Kier molecular flexibility index (Phi) is 2.96. The van der Waals surface area contributed by atoms with Crippen molar-refractivity contribution in [3.05, 3.63) is 54.1 Å². The van der Waals surface area contributed by atoms with Crippen LogP contribution in [0.25, 0.3) is 0 Å². The second-order valence-electron chi connectivity index (χ2n) is 3.53. The monoisotopic (exact) mass is 228 g/mol. The number of nitrogens with two attached hydrogens (primary N) is 2. The molecule has 0 bridgehead atoms. The molecule has 86 valence electrons. The second kappa shape index (κ2) is 4.57. The molecule has 17 heavy (non-hydrogen) atoms. The van der Waals surface area contributed by atoms with E-state index >= 15 is 0 Å². The molecule has 0 fully saturated rings. The van der Waals surface area contributed by atoms with Crippen molar-refractivity contribution in [3.63, 3.8) is 0 Å². The maximum absolute atomic E-state index is 10.9. The molecule has 0 unspecified atom stereocenters. The summed E-state index contributed by atoms with van der Waals surface area (Å²) in [4.78, 5) is 10.9. The van der Waals surface area contributed by atoms with Gasteiger partial charge in [-0.15, -0.1) is 0 Å². The van der Waals surface area contributed by atoms with E-state index in [-0.39, 0.29) is 0 Å². The van der Waals surface area contributed by atoms with Crippen LogP contribution in [0.1, 0.15) is 10.4 Å². The maximum atomic E-state index is 10.9. The number of amides is 1. The number of hydrogen-bond acceptors (Lipinski definition) is 3. The van der Waals surface area contributed by atoms with Crippen LogP contribution < -0.4 is 16.2 Å². The van der Waals surface area contributed by atoms with Gasteiger partial charge in [0.15, 0.2) is 0 Å². The Morgan fingerprint density at radius 1 is 1.06 bits per heavy atom. The molecule has 2 rings (SSSR count). The Labute approximate surface area is 98.8 Å². The van der Waals surface area contributed by atoms with Crippen molar-refractivity contribution in [2.75, 3.05) is 5.73 Å². The summed E-state index contributed by atoms with van der Waals surface area (Å²) in [5, 5.41) is 0. The minimum absolute atomic E-state index is 0.364. The zero-order valence-electron chi connectivity index (χ0n) is 9.09. The molecular weight excluding hydrogens is 216 g/mol. The van der Waals surface area contributed by atoms with E-state index in [1.807, 2.05) is 30.3 Å². The molecule has 2 aromatic carbocycles. The number of carbonyl (C=O) groups is 1. The smallest absolute Gasteiger partial charge is 0.248 e. The molecule has 2 aromatic rings. The number of anilines is 1. The van der Waals surface area contributed by atoms with Gasteiger partial charge in [0.1, 0.15) is 11.5 Å². The Morgan fingerprint density at radius 2 is 1.76 bits per heavy atom. The zero-order valence-corrected chi connectivity index (χ0v) is 9.09. The molecule has 0 atom stereocenters. The summed E-state index contributed by atoms with van der Waals surface area (Å²) >= 11 is 0. The van der Waals surface area contributed by atoms with Gasteiger partial charge in [0.05, 0.1) is 5.69 Å². The van der Waals surface area contributed by atoms with E-state index in [4.69, 9.17) is 16.2 Å². The first-order valence-corrected chi connectivity index (χ1v) is 5.09. The third-order valence-electron chi connectivity index (χ3n) is 2.27. The highest BCUT2D eigenvalue weighted by molar-refractivity contribution is 5.94. The molecule has 0 aliphatic carbocycles. The number of rotatable bonds is 3. The highest BCUT2D eigenvalue weighted by Crippen LogP contribution is 2.27. The minimum Gasteiger partial charge on any atom is -0.455 e. The van der Waals surface area contributed by atoms with Crippen LogP contribution in [0.3, 0.4) is 0 Å². The van der Waals surface area contributed by atoms with Crippen LogP contribution in [0.5, 0.6) is 11.5 Å². The number of benzene rings is 2. The van der Waals surface area contributed by atoms with Gasteiger partial charge in [0.25, 0.3) is 0 Å². The predicted molar refractivity (Wildman–Crippen MR) is 65.9 cm³/mol. The molecule has 0 aliphatic rings. The molecule has 0 aromatic heterocycles. The van der Waals surface area contributed by atoms with Crippen LogP contribution in [-0.2, 0) is 0 Å². The summed E-state index contributed by atoms with van der Waals surface area (Å²) in [6.07, 6.45) is 0. The van der Waals surface area contributed by atoms with Gasteiger partial charge in [-0.2, -0.15) is 0 Å². The summed E-state index contributed by atoms with van der Waals surface area (Å²) < 4.78 is 5.57. The largest absolute Gasteiger partial charge is 0.455 e. The fourth-order valence-electron chi connectivity index (χ4n) is 1.41. The van der Waals surface area contributed by atoms with Crippen LogP contribution in [0.2, 0.25) is 0 Å². The molecule has 0 spiro atoms. The van der Waals surface area contributed by atoms with Gasteiger partial charge in [0.2, 0.25) is 5.91 Å². The van der Waals surface area contributed by atoms with E-state index in [2.05, 4.69) is 0 Å². The Morgan fingerprint density at radius 3 is 2.35 bits per heavy atom. The first-order chi connectivity index (χ1) is 8.16. The van der Waals surface area contributed by atoms with Gasteiger partial charge in [-0.3, -0.25) is 4.79 Å². The van der Waals surface area contributed by atoms with E-state index in [9.17, 15) is 4.79 Å². The molecule has 4 heteroatoms. The van der Waals surface area contributed by atoms with Crippen LogP contribution in [0.4, 0.5) is 5.69 Å². The van der Waals surface area contributed by atoms with Crippen molar-refractivity contribution in [3.8, 4) is 11.5 Å². The number of nitrogen functional groups attached to an aromatic ring is 1. The van der Waals surface area contributed by atoms with Gasteiger partial charge in [0, 0.05) is 5.56 Å². The molecule has 0 saturated heterocycles. The first kappa shape index (κ1) is 11.0. The van der Waals surface area contributed by atoms with Crippen LogP contribution >= 0.6 is 0 Å². The lowest BCUT2D eigenvalue weighted by Crippen LogP contribution is -2.11. The topological polar surface area (TPSA) is 78.3 Å². The second-order valence-corrected chi connectivity index (χ2v) is 3.53. The van der Waals surface area contributed by atoms with Crippen molar-refractivity contribution in [2.24, 2.45) is 5.73 Å². The first-order valence-electron chi connectivity index (χ1n) is 5.09. The molecule has 4 nitrogen and oxygen atoms in total. The highest BCUT2D eigenvalue weighted by atomic mass is 16.5. The lowest BCUT2D eigenvalue weighted by atomic mass is 10.2. The van der Waals surface area contributed by atoms with Gasteiger partial charge in [-0.25, -0.2) is 0 Å². The van der Waals surface area contributed by atoms with Gasteiger partial charge < -0.3 is 16.2 Å². The van der Waals surface area contributed by atoms with Crippen LogP contribution in [-0.4, -0.2) is 5.91 Å². The molecule has 0 heterocycles. The van der Waals surface area contributed by atoms with Crippen molar-refractivity contribution in [2.45, 2.75) is 0 Å². The molecule has 0 aliphatic heterocycles. The molecular formula is C13H12N2O2. The Bertz CT molecular complexity index is 538. The SMILES string of the molecule is NC(=O)c1ccc(Oc2ccccc2)c(N)c1. The minimum atomic E-state index is -0.511. The predicted octanol–water partition coefficient (Wildman–Crippen LogP) is 2.16. The standard InChI is InChI=1S/C13H12N2O2/c14-11-8-9(13(15)16)6-7-12(11)17-10-4-2-1-3-5-10/h1-8H,14H2,(H2,15,16). The summed E-state index contributed by atoms with van der Waals surface area (Å²) in [7, 11) is 0. The fraction of sp³-hybridized carbons (Fsp3) is 0. The molecule has 0 saturated carbocycles. The average Bonchev–Trinajstić information content (AvgIpc) is 2.33. The molecule has 1 amide bonds. The van der Waals surface area contributed by atoms with Crippen molar-refractivity contribution < 1.29 is 9.53 Å². The number of para-hydroxylation sites is 1. The number of hydrogen-bond donors (Lipinski definition) is 2. The van der Waals surface area contributed by atoms with E-state index in [0.29, 0.717) is 22.7 Å². The summed E-state index contributed by atoms with van der Waals surface area (Å²) in [6.45, 7) is 0. The number of carbonyl (C=O) groups excluding carboxylic acids is 1. The Balaban J connectivity index is 2.26. The average molecular weight is 228 g/mol.